The molecule has 94 valence electrons. The number of halogens is 3. The molecule has 0 aliphatic heterocycles. The zero-order chi connectivity index (χ0) is 13.0. The van der Waals surface area contributed by atoms with Crippen molar-refractivity contribution in [2.24, 2.45) is 5.73 Å². The highest BCUT2D eigenvalue weighted by Crippen LogP contribution is 2.32. The zero-order valence-electron chi connectivity index (χ0n) is 9.27. The Morgan fingerprint density at radius 1 is 1.53 bits per heavy atom. The highest BCUT2D eigenvalue weighted by molar-refractivity contribution is 6.36. The van der Waals surface area contributed by atoms with E-state index in [0.717, 1.165) is 0 Å². The molecule has 1 rings (SSSR count). The van der Waals surface area contributed by atoms with E-state index in [4.69, 9.17) is 28.9 Å². The summed E-state index contributed by atoms with van der Waals surface area (Å²) in [7, 11) is 0. The summed E-state index contributed by atoms with van der Waals surface area (Å²) in [5.74, 6) is -0.789. The monoisotopic (exact) mass is 278 g/mol. The Morgan fingerprint density at radius 3 is 2.76 bits per heavy atom. The zero-order valence-corrected chi connectivity index (χ0v) is 10.8. The van der Waals surface area contributed by atoms with Gasteiger partial charge in [-0.05, 0) is 19.1 Å². The second kappa shape index (κ2) is 6.19. The second-order valence-corrected chi connectivity index (χ2v) is 4.37. The number of nitrogens with two attached hydrogens (primary N) is 1. The lowest BCUT2D eigenvalue weighted by molar-refractivity contribution is -0.121. The molecule has 0 heterocycles. The number of nitrogens with one attached hydrogen (secondary N) is 1. The summed E-state index contributed by atoms with van der Waals surface area (Å²) in [5, 5.41) is 2.90. The van der Waals surface area contributed by atoms with Crippen molar-refractivity contribution in [1.29, 1.82) is 0 Å². The quantitative estimate of drug-likeness (QED) is 0.832. The van der Waals surface area contributed by atoms with Gasteiger partial charge in [0.05, 0.1) is 11.1 Å². The lowest BCUT2D eigenvalue weighted by Gasteiger charge is -2.17. The molecule has 0 bridgehead atoms. The molecule has 0 saturated carbocycles. The van der Waals surface area contributed by atoms with Crippen molar-refractivity contribution in [1.82, 2.24) is 5.32 Å². The van der Waals surface area contributed by atoms with Crippen LogP contribution in [0.1, 0.15) is 24.9 Å². The Kier molecular flexibility index (Phi) is 5.18. The number of carbonyl (C=O) groups is 1. The Morgan fingerprint density at radius 2 is 2.18 bits per heavy atom. The molecule has 1 atom stereocenters. The number of hydrogen-bond acceptors (Lipinski definition) is 2. The maximum atomic E-state index is 13.3. The number of carbonyl (C=O) groups excluding carboxylic acids is 1. The first-order valence-corrected chi connectivity index (χ1v) is 5.85. The van der Waals surface area contributed by atoms with E-state index >= 15 is 0 Å². The van der Waals surface area contributed by atoms with Crippen molar-refractivity contribution in [2.45, 2.75) is 19.4 Å². The molecule has 0 aliphatic rings. The summed E-state index contributed by atoms with van der Waals surface area (Å²) in [5.41, 5.74) is 5.63. The normalized spacial score (nSPS) is 12.3. The molecular formula is C11H13Cl2FN2O. The highest BCUT2D eigenvalue weighted by Gasteiger charge is 2.18. The molecule has 0 radical (unpaired) electrons. The molecule has 0 fully saturated rings. The molecule has 0 spiro atoms. The summed E-state index contributed by atoms with van der Waals surface area (Å²) in [6.07, 6.45) is 0.203. The SMILES string of the molecule is CC(NC(=O)CCN)c1c(Cl)ccc(F)c1Cl. The Labute approximate surface area is 109 Å². The van der Waals surface area contributed by atoms with Crippen LogP contribution in [0.4, 0.5) is 4.39 Å². The summed E-state index contributed by atoms with van der Waals surface area (Å²) in [6, 6.07) is 2.12. The predicted octanol–water partition coefficient (Wildman–Crippen LogP) is 2.66. The third-order valence-corrected chi connectivity index (χ3v) is 2.98. The van der Waals surface area contributed by atoms with Gasteiger partial charge in [-0.15, -0.1) is 0 Å². The van der Waals surface area contributed by atoms with Gasteiger partial charge in [0, 0.05) is 23.6 Å². The average Bonchev–Trinajstić information content (AvgIpc) is 2.24. The summed E-state index contributed by atoms with van der Waals surface area (Å²) in [4.78, 5) is 11.4. The van der Waals surface area contributed by atoms with E-state index in [1.807, 2.05) is 0 Å². The second-order valence-electron chi connectivity index (χ2n) is 3.58. The van der Waals surface area contributed by atoms with Crippen molar-refractivity contribution in [3.05, 3.63) is 33.6 Å². The fourth-order valence-electron chi connectivity index (χ4n) is 1.46. The van der Waals surface area contributed by atoms with Gasteiger partial charge in [-0.3, -0.25) is 4.79 Å². The first kappa shape index (κ1) is 14.2. The molecule has 3 N–H and O–H groups in total. The minimum atomic E-state index is -0.564. The topological polar surface area (TPSA) is 55.1 Å². The predicted molar refractivity (Wildman–Crippen MR) is 66.6 cm³/mol. The van der Waals surface area contributed by atoms with Crippen molar-refractivity contribution < 1.29 is 9.18 Å². The fraction of sp³-hybridized carbons (Fsp3) is 0.364. The molecule has 1 aromatic rings. The van der Waals surface area contributed by atoms with Crippen molar-refractivity contribution >= 4 is 29.1 Å². The Hall–Kier alpha value is -0.840. The Bertz CT molecular complexity index is 426. The standard InChI is InChI=1S/C11H13Cl2FN2O/c1-6(16-9(17)4-5-15)10-7(12)2-3-8(14)11(10)13/h2-3,6H,4-5,15H2,1H3,(H,16,17). The summed E-state index contributed by atoms with van der Waals surface area (Å²) < 4.78 is 13.3. The molecule has 0 aromatic heterocycles. The molecule has 6 heteroatoms. The minimum absolute atomic E-state index is 0.0713. The molecule has 0 aliphatic carbocycles. The maximum Gasteiger partial charge on any atom is 0.221 e. The number of benzene rings is 1. The first-order chi connectivity index (χ1) is 7.97. The molecule has 1 aromatic carbocycles. The molecule has 17 heavy (non-hydrogen) atoms. The lowest BCUT2D eigenvalue weighted by Crippen LogP contribution is -2.28. The van der Waals surface area contributed by atoms with Crippen molar-refractivity contribution in [2.75, 3.05) is 6.54 Å². The van der Waals surface area contributed by atoms with Crippen LogP contribution in [-0.4, -0.2) is 12.5 Å². The van der Waals surface area contributed by atoms with Gasteiger partial charge < -0.3 is 11.1 Å². The van der Waals surface area contributed by atoms with E-state index < -0.39 is 11.9 Å². The van der Waals surface area contributed by atoms with Gasteiger partial charge in [0.2, 0.25) is 5.91 Å². The van der Waals surface area contributed by atoms with Crippen LogP contribution < -0.4 is 11.1 Å². The molecule has 0 saturated heterocycles. The molecule has 1 amide bonds. The van der Waals surface area contributed by atoms with Crippen LogP contribution >= 0.6 is 23.2 Å². The smallest absolute Gasteiger partial charge is 0.221 e. The number of amides is 1. The van der Waals surface area contributed by atoms with Crippen molar-refractivity contribution in [3.8, 4) is 0 Å². The van der Waals surface area contributed by atoms with Crippen LogP contribution in [0.5, 0.6) is 0 Å². The van der Waals surface area contributed by atoms with Gasteiger partial charge in [-0.1, -0.05) is 23.2 Å². The van der Waals surface area contributed by atoms with E-state index in [-0.39, 0.29) is 23.9 Å². The van der Waals surface area contributed by atoms with Crippen LogP contribution in [0.15, 0.2) is 12.1 Å². The van der Waals surface area contributed by atoms with Gasteiger partial charge in [-0.2, -0.15) is 0 Å². The first-order valence-electron chi connectivity index (χ1n) is 5.10. The average molecular weight is 279 g/mol. The van der Waals surface area contributed by atoms with E-state index in [1.54, 1.807) is 6.92 Å². The van der Waals surface area contributed by atoms with Gasteiger partial charge >= 0.3 is 0 Å². The Balaban J connectivity index is 2.92. The van der Waals surface area contributed by atoms with E-state index in [1.165, 1.54) is 12.1 Å². The van der Waals surface area contributed by atoms with Gasteiger partial charge in [0.15, 0.2) is 0 Å². The van der Waals surface area contributed by atoms with Gasteiger partial charge in [-0.25, -0.2) is 4.39 Å². The third-order valence-electron chi connectivity index (χ3n) is 2.26. The van der Waals surface area contributed by atoms with Crippen LogP contribution in [0.25, 0.3) is 0 Å². The molecule has 3 nitrogen and oxygen atoms in total. The number of hydrogen-bond donors (Lipinski definition) is 2. The minimum Gasteiger partial charge on any atom is -0.349 e. The van der Waals surface area contributed by atoms with E-state index in [2.05, 4.69) is 5.32 Å². The highest BCUT2D eigenvalue weighted by atomic mass is 35.5. The van der Waals surface area contributed by atoms with Crippen LogP contribution in [0.2, 0.25) is 10.0 Å². The summed E-state index contributed by atoms with van der Waals surface area (Å²) >= 11 is 11.7. The third kappa shape index (κ3) is 3.56. The maximum absolute atomic E-state index is 13.3. The van der Waals surface area contributed by atoms with Gasteiger partial charge in [0.1, 0.15) is 5.82 Å². The van der Waals surface area contributed by atoms with Crippen molar-refractivity contribution in [3.63, 3.8) is 0 Å². The fourth-order valence-corrected chi connectivity index (χ4v) is 2.15. The summed E-state index contributed by atoms with van der Waals surface area (Å²) in [6.45, 7) is 1.93. The van der Waals surface area contributed by atoms with E-state index in [0.29, 0.717) is 10.6 Å². The van der Waals surface area contributed by atoms with Crippen LogP contribution in [0.3, 0.4) is 0 Å². The largest absolute Gasteiger partial charge is 0.349 e. The van der Waals surface area contributed by atoms with Gasteiger partial charge in [0.25, 0.3) is 0 Å². The van der Waals surface area contributed by atoms with Crippen LogP contribution in [0, 0.1) is 5.82 Å². The molecular weight excluding hydrogens is 266 g/mol. The number of rotatable bonds is 4. The lowest BCUT2D eigenvalue weighted by atomic mass is 10.1. The van der Waals surface area contributed by atoms with E-state index in [9.17, 15) is 9.18 Å². The molecule has 1 unspecified atom stereocenters. The van der Waals surface area contributed by atoms with Crippen LogP contribution in [-0.2, 0) is 4.79 Å².